The highest BCUT2D eigenvalue weighted by Crippen LogP contribution is 2.29. The molecule has 2 atom stereocenters. The molecule has 26 heavy (non-hydrogen) atoms. The molecule has 0 spiro atoms. The van der Waals surface area contributed by atoms with E-state index in [9.17, 15) is 9.59 Å². The third-order valence-corrected chi connectivity index (χ3v) is 4.94. The lowest BCUT2D eigenvalue weighted by atomic mass is 10.1. The summed E-state index contributed by atoms with van der Waals surface area (Å²) >= 11 is 6.05. The molecule has 142 valence electrons. The average molecular weight is 383 g/mol. The number of ether oxygens (including phenoxy) is 2. The number of aliphatic carboxylic acids is 1. The molecular weight excluding hydrogens is 360 g/mol. The number of halogens is 1. The number of benzene rings is 1. The SMILES string of the molecule is O=C(O)C1CCN(C(=O)Nc2cc(Cl)ccc2OCC2CCCCO2)C1. The van der Waals surface area contributed by atoms with Crippen molar-refractivity contribution in [1.82, 2.24) is 4.90 Å². The van der Waals surface area contributed by atoms with Gasteiger partial charge in [0, 0.05) is 24.7 Å². The van der Waals surface area contributed by atoms with E-state index in [1.54, 1.807) is 18.2 Å². The lowest BCUT2D eigenvalue weighted by molar-refractivity contribution is -0.141. The van der Waals surface area contributed by atoms with E-state index < -0.39 is 11.9 Å². The second-order valence-corrected chi connectivity index (χ2v) is 7.08. The summed E-state index contributed by atoms with van der Waals surface area (Å²) in [5, 5.41) is 12.3. The van der Waals surface area contributed by atoms with Crippen molar-refractivity contribution in [3.63, 3.8) is 0 Å². The zero-order valence-corrected chi connectivity index (χ0v) is 15.2. The molecule has 2 fully saturated rings. The topological polar surface area (TPSA) is 88.1 Å². The molecule has 0 radical (unpaired) electrons. The Balaban J connectivity index is 1.62. The Morgan fingerprint density at radius 3 is 2.88 bits per heavy atom. The number of carbonyl (C=O) groups is 2. The number of nitrogens with zero attached hydrogens (tertiary/aromatic N) is 1. The lowest BCUT2D eigenvalue weighted by Gasteiger charge is -2.24. The predicted molar refractivity (Wildman–Crippen MR) is 96.9 cm³/mol. The smallest absolute Gasteiger partial charge is 0.321 e. The molecule has 0 aliphatic carbocycles. The molecule has 1 aromatic rings. The molecule has 2 aliphatic heterocycles. The highest BCUT2D eigenvalue weighted by atomic mass is 35.5. The van der Waals surface area contributed by atoms with Gasteiger partial charge in [0.15, 0.2) is 0 Å². The number of hydrogen-bond donors (Lipinski definition) is 2. The van der Waals surface area contributed by atoms with Crippen molar-refractivity contribution in [1.29, 1.82) is 0 Å². The first kappa shape index (κ1) is 18.8. The van der Waals surface area contributed by atoms with Gasteiger partial charge in [-0.05, 0) is 43.9 Å². The molecule has 0 aromatic heterocycles. The van der Waals surface area contributed by atoms with Crippen LogP contribution in [0.3, 0.4) is 0 Å². The van der Waals surface area contributed by atoms with Crippen LogP contribution in [0.2, 0.25) is 5.02 Å². The van der Waals surface area contributed by atoms with Crippen molar-refractivity contribution >= 4 is 29.3 Å². The molecule has 2 saturated heterocycles. The van der Waals surface area contributed by atoms with Crippen LogP contribution < -0.4 is 10.1 Å². The minimum Gasteiger partial charge on any atom is -0.489 e. The van der Waals surface area contributed by atoms with E-state index in [4.69, 9.17) is 26.2 Å². The minimum absolute atomic E-state index is 0.0536. The Kier molecular flexibility index (Phi) is 6.21. The van der Waals surface area contributed by atoms with Gasteiger partial charge in [0.2, 0.25) is 0 Å². The summed E-state index contributed by atoms with van der Waals surface area (Å²) in [6.45, 7) is 1.77. The van der Waals surface area contributed by atoms with Crippen LogP contribution in [0.25, 0.3) is 0 Å². The molecule has 0 bridgehead atoms. The van der Waals surface area contributed by atoms with Gasteiger partial charge in [0.1, 0.15) is 12.4 Å². The first-order chi connectivity index (χ1) is 12.5. The normalized spacial score (nSPS) is 22.9. The number of anilines is 1. The molecular formula is C18H23ClN2O5. The maximum absolute atomic E-state index is 12.5. The second kappa shape index (κ2) is 8.60. The average Bonchev–Trinajstić information content (AvgIpc) is 3.12. The van der Waals surface area contributed by atoms with Crippen LogP contribution in [0.4, 0.5) is 10.5 Å². The van der Waals surface area contributed by atoms with Crippen molar-refractivity contribution in [3.8, 4) is 5.75 Å². The molecule has 7 nitrogen and oxygen atoms in total. The predicted octanol–water partition coefficient (Wildman–Crippen LogP) is 3.23. The maximum Gasteiger partial charge on any atom is 0.321 e. The van der Waals surface area contributed by atoms with Crippen molar-refractivity contribution in [2.75, 3.05) is 31.6 Å². The van der Waals surface area contributed by atoms with Gasteiger partial charge in [-0.1, -0.05) is 11.6 Å². The summed E-state index contributed by atoms with van der Waals surface area (Å²) in [5.74, 6) is -0.871. The number of carbonyl (C=O) groups excluding carboxylic acids is 1. The van der Waals surface area contributed by atoms with Crippen LogP contribution in [0.5, 0.6) is 5.75 Å². The molecule has 2 unspecified atom stereocenters. The van der Waals surface area contributed by atoms with Crippen LogP contribution in [-0.2, 0) is 9.53 Å². The van der Waals surface area contributed by atoms with Crippen molar-refractivity contribution < 1.29 is 24.2 Å². The van der Waals surface area contributed by atoms with Gasteiger partial charge >= 0.3 is 12.0 Å². The highest BCUT2D eigenvalue weighted by Gasteiger charge is 2.31. The van der Waals surface area contributed by atoms with E-state index >= 15 is 0 Å². The van der Waals surface area contributed by atoms with E-state index in [0.29, 0.717) is 36.0 Å². The fourth-order valence-corrected chi connectivity index (χ4v) is 3.36. The Morgan fingerprint density at radius 1 is 1.35 bits per heavy atom. The summed E-state index contributed by atoms with van der Waals surface area (Å²) in [7, 11) is 0. The summed E-state index contributed by atoms with van der Waals surface area (Å²) < 4.78 is 11.5. The zero-order chi connectivity index (χ0) is 18.5. The number of rotatable bonds is 5. The van der Waals surface area contributed by atoms with Crippen molar-refractivity contribution in [2.24, 2.45) is 5.92 Å². The zero-order valence-electron chi connectivity index (χ0n) is 14.4. The van der Waals surface area contributed by atoms with Gasteiger partial charge in [-0.2, -0.15) is 0 Å². The fourth-order valence-electron chi connectivity index (χ4n) is 3.19. The summed E-state index contributed by atoms with van der Waals surface area (Å²) in [6, 6.07) is 4.69. The van der Waals surface area contributed by atoms with Gasteiger partial charge < -0.3 is 24.8 Å². The summed E-state index contributed by atoms with van der Waals surface area (Å²) in [6.07, 6.45) is 3.67. The van der Waals surface area contributed by atoms with E-state index in [1.807, 2.05) is 0 Å². The molecule has 8 heteroatoms. The van der Waals surface area contributed by atoms with E-state index in [2.05, 4.69) is 5.32 Å². The Labute approximate surface area is 157 Å². The standard InChI is InChI=1S/C18H23ClN2O5/c19-13-4-5-16(26-11-14-3-1-2-8-25-14)15(9-13)20-18(24)21-7-6-12(10-21)17(22)23/h4-5,9,12,14H,1-3,6-8,10-11H2,(H,20,24)(H,22,23). The van der Waals surface area contributed by atoms with Gasteiger partial charge in [0.05, 0.1) is 17.7 Å². The van der Waals surface area contributed by atoms with Crippen LogP contribution in [0.1, 0.15) is 25.7 Å². The number of hydrogen-bond acceptors (Lipinski definition) is 4. The Morgan fingerprint density at radius 2 is 2.19 bits per heavy atom. The number of nitrogens with one attached hydrogen (secondary N) is 1. The monoisotopic (exact) mass is 382 g/mol. The Hall–Kier alpha value is -1.99. The molecule has 2 amide bonds. The number of carboxylic acids is 1. The molecule has 2 aliphatic rings. The summed E-state index contributed by atoms with van der Waals surface area (Å²) in [4.78, 5) is 25.0. The number of amides is 2. The fraction of sp³-hybridized carbons (Fsp3) is 0.556. The number of carboxylic acid groups (broad SMARTS) is 1. The highest BCUT2D eigenvalue weighted by molar-refractivity contribution is 6.31. The molecule has 2 heterocycles. The van der Waals surface area contributed by atoms with Gasteiger partial charge in [-0.3, -0.25) is 4.79 Å². The number of likely N-dealkylation sites (tertiary alicyclic amines) is 1. The van der Waals surface area contributed by atoms with E-state index in [0.717, 1.165) is 25.9 Å². The largest absolute Gasteiger partial charge is 0.489 e. The summed E-state index contributed by atoms with van der Waals surface area (Å²) in [5.41, 5.74) is 0.470. The first-order valence-corrected chi connectivity index (χ1v) is 9.23. The third-order valence-electron chi connectivity index (χ3n) is 4.71. The quantitative estimate of drug-likeness (QED) is 0.816. The molecule has 3 rings (SSSR count). The molecule has 1 aromatic carbocycles. The maximum atomic E-state index is 12.5. The Bertz CT molecular complexity index is 663. The van der Waals surface area contributed by atoms with Gasteiger partial charge in [-0.25, -0.2) is 4.79 Å². The van der Waals surface area contributed by atoms with E-state index in [1.165, 1.54) is 4.90 Å². The van der Waals surface area contributed by atoms with E-state index in [-0.39, 0.29) is 18.7 Å². The minimum atomic E-state index is -0.875. The van der Waals surface area contributed by atoms with Gasteiger partial charge in [-0.15, -0.1) is 0 Å². The third kappa shape index (κ3) is 4.80. The molecule has 2 N–H and O–H groups in total. The first-order valence-electron chi connectivity index (χ1n) is 8.85. The second-order valence-electron chi connectivity index (χ2n) is 6.64. The van der Waals surface area contributed by atoms with Crippen molar-refractivity contribution in [3.05, 3.63) is 23.2 Å². The number of urea groups is 1. The molecule has 0 saturated carbocycles. The van der Waals surface area contributed by atoms with Crippen LogP contribution in [-0.4, -0.2) is 54.4 Å². The van der Waals surface area contributed by atoms with Gasteiger partial charge in [0.25, 0.3) is 0 Å². The van der Waals surface area contributed by atoms with Crippen LogP contribution in [0, 0.1) is 5.92 Å². The van der Waals surface area contributed by atoms with Crippen LogP contribution >= 0.6 is 11.6 Å². The van der Waals surface area contributed by atoms with Crippen molar-refractivity contribution in [2.45, 2.75) is 31.8 Å². The lowest BCUT2D eigenvalue weighted by Crippen LogP contribution is -2.34. The van der Waals surface area contributed by atoms with Crippen LogP contribution in [0.15, 0.2) is 18.2 Å².